The van der Waals surface area contributed by atoms with Gasteiger partial charge in [0.25, 0.3) is 0 Å². The maximum atomic E-state index is 12.5. The van der Waals surface area contributed by atoms with Gasteiger partial charge in [0.05, 0.1) is 25.4 Å². The number of esters is 1. The van der Waals surface area contributed by atoms with E-state index in [0.29, 0.717) is 25.9 Å². The van der Waals surface area contributed by atoms with Gasteiger partial charge in [0.2, 0.25) is 5.91 Å². The molecule has 2 unspecified atom stereocenters. The van der Waals surface area contributed by atoms with Crippen molar-refractivity contribution in [1.29, 1.82) is 0 Å². The summed E-state index contributed by atoms with van der Waals surface area (Å²) in [6, 6.07) is -0.539. The lowest BCUT2D eigenvalue weighted by Crippen LogP contribution is -2.45. The third-order valence-corrected chi connectivity index (χ3v) is 17.7. The molecule has 0 aromatic carbocycles. The van der Waals surface area contributed by atoms with Crippen LogP contribution >= 0.6 is 0 Å². The van der Waals surface area contributed by atoms with Crippen LogP contribution in [-0.4, -0.2) is 47.4 Å². The predicted octanol–water partition coefficient (Wildman–Crippen LogP) is 24.5. The van der Waals surface area contributed by atoms with Crippen LogP contribution in [0.1, 0.15) is 425 Å². The topological polar surface area (TPSA) is 95.9 Å². The van der Waals surface area contributed by atoms with Gasteiger partial charge in [-0.2, -0.15) is 0 Å². The number of unbranched alkanes of at least 4 members (excludes halogenated alkanes) is 56. The Morgan fingerprint density at radius 3 is 0.866 bits per heavy atom. The zero-order valence-corrected chi connectivity index (χ0v) is 55.8. The fraction of sp³-hybridized carbons (Fsp3) is 0.921. The van der Waals surface area contributed by atoms with Crippen molar-refractivity contribution in [2.45, 2.75) is 437 Å². The van der Waals surface area contributed by atoms with Gasteiger partial charge in [-0.25, -0.2) is 0 Å². The van der Waals surface area contributed by atoms with E-state index in [1.165, 1.54) is 347 Å². The molecule has 1 amide bonds. The van der Waals surface area contributed by atoms with Crippen molar-refractivity contribution in [3.63, 3.8) is 0 Å². The number of hydrogen-bond acceptors (Lipinski definition) is 5. The fourth-order valence-electron chi connectivity index (χ4n) is 12.0. The first kappa shape index (κ1) is 80.3. The van der Waals surface area contributed by atoms with Gasteiger partial charge in [0.1, 0.15) is 0 Å². The Morgan fingerprint density at radius 2 is 0.573 bits per heavy atom. The fourth-order valence-corrected chi connectivity index (χ4v) is 12.0. The highest BCUT2D eigenvalue weighted by Crippen LogP contribution is 2.19. The van der Waals surface area contributed by atoms with E-state index in [-0.39, 0.29) is 18.5 Å². The lowest BCUT2D eigenvalue weighted by molar-refractivity contribution is -0.143. The largest absolute Gasteiger partial charge is 0.466 e. The van der Waals surface area contributed by atoms with Crippen LogP contribution in [0.2, 0.25) is 0 Å². The molecule has 0 heterocycles. The number of nitrogens with one attached hydrogen (secondary N) is 1. The SMILES string of the molecule is CCCCCCCCC/C=C\CCCCCCCC(=O)OCCCCCCCCCCCCCC/C=C\CCCCCCCCCCCCCCCCCCCC(=O)NC(CO)C(O)CCCCCCCCCCCCCCCCCC. The summed E-state index contributed by atoms with van der Waals surface area (Å²) in [6.07, 6.45) is 91.1. The van der Waals surface area contributed by atoms with Crippen molar-refractivity contribution in [3.8, 4) is 0 Å². The second-order valence-electron chi connectivity index (χ2n) is 26.0. The Kier molecular flexibility index (Phi) is 70.4. The second kappa shape index (κ2) is 71.8. The minimum atomic E-state index is -0.662. The van der Waals surface area contributed by atoms with E-state index in [9.17, 15) is 19.8 Å². The number of aliphatic hydroxyl groups is 2. The van der Waals surface area contributed by atoms with Gasteiger partial charge in [-0.1, -0.05) is 359 Å². The maximum absolute atomic E-state index is 12.5. The number of hydrogen-bond donors (Lipinski definition) is 3. The van der Waals surface area contributed by atoms with Gasteiger partial charge in [-0.05, 0) is 77.0 Å². The van der Waals surface area contributed by atoms with Crippen molar-refractivity contribution < 1.29 is 24.5 Å². The molecule has 3 N–H and O–H groups in total. The molecule has 0 aliphatic rings. The van der Waals surface area contributed by atoms with Gasteiger partial charge in [-0.15, -0.1) is 0 Å². The molecule has 0 fully saturated rings. The number of amides is 1. The zero-order chi connectivity index (χ0) is 59.2. The summed E-state index contributed by atoms with van der Waals surface area (Å²) in [6.45, 7) is 4.99. The van der Waals surface area contributed by atoms with Crippen molar-refractivity contribution in [2.75, 3.05) is 13.2 Å². The molecule has 0 aliphatic carbocycles. The first-order valence-corrected chi connectivity index (χ1v) is 37.6. The molecule has 6 nitrogen and oxygen atoms in total. The number of rotatable bonds is 71. The summed E-state index contributed by atoms with van der Waals surface area (Å²) in [4.78, 5) is 24.6. The Bertz CT molecular complexity index is 1280. The number of ether oxygens (including phenoxy) is 1. The van der Waals surface area contributed by atoms with Gasteiger partial charge >= 0.3 is 5.97 Å². The van der Waals surface area contributed by atoms with Gasteiger partial charge in [0, 0.05) is 12.8 Å². The van der Waals surface area contributed by atoms with E-state index in [0.717, 1.165) is 44.9 Å². The molecule has 486 valence electrons. The highest BCUT2D eigenvalue weighted by Gasteiger charge is 2.20. The van der Waals surface area contributed by atoms with E-state index < -0.39 is 12.1 Å². The van der Waals surface area contributed by atoms with E-state index in [1.54, 1.807) is 0 Å². The number of carbonyl (C=O) groups excluding carboxylic acids is 2. The molecule has 0 radical (unpaired) electrons. The lowest BCUT2D eigenvalue weighted by Gasteiger charge is -2.22. The molecule has 0 spiro atoms. The Labute approximate surface area is 513 Å². The molecule has 0 rings (SSSR count). The molecule has 6 heteroatoms. The average Bonchev–Trinajstić information content (AvgIpc) is 3.48. The minimum absolute atomic E-state index is 0.0121. The van der Waals surface area contributed by atoms with E-state index in [1.807, 2.05) is 0 Å². The van der Waals surface area contributed by atoms with Gasteiger partial charge < -0.3 is 20.3 Å². The Balaban J connectivity index is 3.34. The smallest absolute Gasteiger partial charge is 0.305 e. The zero-order valence-electron chi connectivity index (χ0n) is 55.8. The number of aliphatic hydroxyl groups excluding tert-OH is 2. The predicted molar refractivity (Wildman–Crippen MR) is 361 cm³/mol. The maximum Gasteiger partial charge on any atom is 0.305 e. The van der Waals surface area contributed by atoms with Crippen LogP contribution in [0.5, 0.6) is 0 Å². The number of carbonyl (C=O) groups is 2. The van der Waals surface area contributed by atoms with E-state index >= 15 is 0 Å². The molecule has 0 aromatic rings. The normalized spacial score (nSPS) is 12.6. The van der Waals surface area contributed by atoms with Crippen LogP contribution in [0.15, 0.2) is 24.3 Å². The standard InChI is InChI=1S/C76H147NO5/c1-3-5-7-9-11-13-15-17-19-40-44-48-52-56-60-64-68-74(79)73(72-78)77-75(80)69-65-61-57-53-49-45-41-38-36-34-32-30-28-26-24-22-21-23-25-27-29-31-33-35-37-39-43-47-51-55-59-63-67-71-82-76(81)70-66-62-58-54-50-46-42-20-18-16-14-12-10-8-6-4-2/h20,25,27,42,73-74,78-79H,3-19,21-24,26,28-41,43-72H2,1-2H3,(H,77,80)/b27-25-,42-20-. The average molecular weight is 1160 g/mol. The van der Waals surface area contributed by atoms with Crippen LogP contribution < -0.4 is 5.32 Å². The Morgan fingerprint density at radius 1 is 0.329 bits per heavy atom. The van der Waals surface area contributed by atoms with Crippen LogP contribution in [0.3, 0.4) is 0 Å². The van der Waals surface area contributed by atoms with E-state index in [2.05, 4.69) is 43.5 Å². The summed E-state index contributed by atoms with van der Waals surface area (Å²) >= 11 is 0. The van der Waals surface area contributed by atoms with Crippen molar-refractivity contribution in [1.82, 2.24) is 5.32 Å². The summed E-state index contributed by atoms with van der Waals surface area (Å²) in [5.41, 5.74) is 0. The molecule has 0 saturated heterocycles. The summed E-state index contributed by atoms with van der Waals surface area (Å²) < 4.78 is 5.50. The monoisotopic (exact) mass is 1150 g/mol. The highest BCUT2D eigenvalue weighted by atomic mass is 16.5. The first-order chi connectivity index (χ1) is 40.5. The van der Waals surface area contributed by atoms with E-state index in [4.69, 9.17) is 4.74 Å². The van der Waals surface area contributed by atoms with Crippen LogP contribution in [-0.2, 0) is 14.3 Å². The minimum Gasteiger partial charge on any atom is -0.466 e. The molecular weight excluding hydrogens is 1010 g/mol. The molecular formula is C76H147NO5. The second-order valence-corrected chi connectivity index (χ2v) is 26.0. The van der Waals surface area contributed by atoms with Crippen molar-refractivity contribution in [2.24, 2.45) is 0 Å². The molecule has 82 heavy (non-hydrogen) atoms. The molecule has 0 aromatic heterocycles. The molecule has 0 saturated carbocycles. The molecule has 0 aliphatic heterocycles. The number of allylic oxidation sites excluding steroid dienone is 4. The van der Waals surface area contributed by atoms with Gasteiger partial charge in [-0.3, -0.25) is 9.59 Å². The Hall–Kier alpha value is -1.66. The third-order valence-electron chi connectivity index (χ3n) is 17.7. The lowest BCUT2D eigenvalue weighted by atomic mass is 10.0. The molecule has 2 atom stereocenters. The van der Waals surface area contributed by atoms with Gasteiger partial charge in [0.15, 0.2) is 0 Å². The third kappa shape index (κ3) is 67.5. The highest BCUT2D eigenvalue weighted by molar-refractivity contribution is 5.76. The summed E-state index contributed by atoms with van der Waals surface area (Å²) in [5, 5.41) is 23.4. The first-order valence-electron chi connectivity index (χ1n) is 37.6. The summed E-state index contributed by atoms with van der Waals surface area (Å²) in [5.74, 6) is -0.0162. The molecule has 0 bridgehead atoms. The van der Waals surface area contributed by atoms with Crippen LogP contribution in [0.25, 0.3) is 0 Å². The van der Waals surface area contributed by atoms with Crippen LogP contribution in [0.4, 0.5) is 0 Å². The quantitative estimate of drug-likeness (QED) is 0.0320. The van der Waals surface area contributed by atoms with Crippen molar-refractivity contribution >= 4 is 11.9 Å². The van der Waals surface area contributed by atoms with Crippen molar-refractivity contribution in [3.05, 3.63) is 24.3 Å². The summed E-state index contributed by atoms with van der Waals surface area (Å²) in [7, 11) is 0. The van der Waals surface area contributed by atoms with Crippen LogP contribution in [0, 0.1) is 0 Å².